The Bertz CT molecular complexity index is 909. The summed E-state index contributed by atoms with van der Waals surface area (Å²) in [6, 6.07) is 0. The average Bonchev–Trinajstić information content (AvgIpc) is 2.72. The summed E-state index contributed by atoms with van der Waals surface area (Å²) in [6.07, 6.45) is 5.33. The molecule has 0 aliphatic rings. The molecule has 20 heavy (non-hydrogen) atoms. The Kier molecular flexibility index (Phi) is 3.12. The summed E-state index contributed by atoms with van der Waals surface area (Å²) in [5, 5.41) is 0. The maximum absolute atomic E-state index is 12.4. The molecule has 0 atom stereocenters. The normalized spacial score (nSPS) is 11.2. The number of aryl methyl sites for hydroxylation is 2. The number of hydrogen-bond donors (Lipinski definition) is 0. The number of nitrogens with zero attached hydrogens (tertiary/aromatic N) is 2. The minimum absolute atomic E-state index is 0.231. The van der Waals surface area contributed by atoms with Gasteiger partial charge in [0.2, 0.25) is 0 Å². The van der Waals surface area contributed by atoms with Gasteiger partial charge in [0, 0.05) is 0 Å². The van der Waals surface area contributed by atoms with E-state index in [4.69, 9.17) is 6.42 Å². The first-order chi connectivity index (χ1) is 9.19. The Morgan fingerprint density at radius 1 is 0.950 bits per heavy atom. The molecule has 0 amide bonds. The second kappa shape index (κ2) is 4.40. The highest BCUT2D eigenvalue weighted by atomic mass is 28.3. The van der Waals surface area contributed by atoms with Gasteiger partial charge in [0.1, 0.15) is 19.2 Å². The molecule has 2 heterocycles. The van der Waals surface area contributed by atoms with Crippen LogP contribution in [-0.2, 0) is 0 Å². The van der Waals surface area contributed by atoms with Crippen molar-refractivity contribution in [3.63, 3.8) is 0 Å². The van der Waals surface area contributed by atoms with Crippen molar-refractivity contribution in [3.05, 3.63) is 43.2 Å². The Labute approximate surface area is 118 Å². The van der Waals surface area contributed by atoms with Crippen LogP contribution in [0.1, 0.15) is 22.5 Å². The lowest BCUT2D eigenvalue weighted by Gasteiger charge is -2.02. The predicted molar refractivity (Wildman–Crippen MR) is 82.2 cm³/mol. The molecule has 0 unspecified atom stereocenters. The molecule has 2 rings (SSSR count). The lowest BCUT2D eigenvalue weighted by molar-refractivity contribution is 0.768. The van der Waals surface area contributed by atoms with E-state index in [2.05, 4.69) is 37.0 Å². The van der Waals surface area contributed by atoms with E-state index in [-0.39, 0.29) is 11.1 Å². The van der Waals surface area contributed by atoms with Gasteiger partial charge >= 0.3 is 0 Å². The third kappa shape index (κ3) is 1.97. The number of rotatable bonds is 0. The van der Waals surface area contributed by atoms with Crippen LogP contribution in [0.25, 0.3) is 0 Å². The summed E-state index contributed by atoms with van der Waals surface area (Å²) < 4.78 is 2.64. The zero-order chi connectivity index (χ0) is 15.2. The highest BCUT2D eigenvalue weighted by molar-refractivity contribution is 6.83. The van der Waals surface area contributed by atoms with Crippen LogP contribution < -0.4 is 11.1 Å². The van der Waals surface area contributed by atoms with Crippen LogP contribution in [0.4, 0.5) is 0 Å². The minimum atomic E-state index is -1.59. The molecule has 0 N–H and O–H groups in total. The average molecular weight is 284 g/mol. The van der Waals surface area contributed by atoms with Gasteiger partial charge in [-0.05, 0) is 13.8 Å². The Hall–Kier alpha value is -2.24. The summed E-state index contributed by atoms with van der Waals surface area (Å²) in [6.45, 7) is 9.82. The van der Waals surface area contributed by atoms with Gasteiger partial charge in [0.05, 0.1) is 11.4 Å². The predicted octanol–water partition coefficient (Wildman–Crippen LogP) is 1.02. The van der Waals surface area contributed by atoms with E-state index in [1.165, 1.54) is 0 Å². The zero-order valence-corrected chi connectivity index (χ0v) is 13.3. The van der Waals surface area contributed by atoms with Crippen molar-refractivity contribution >= 4 is 8.07 Å². The second-order valence-corrected chi connectivity index (χ2v) is 10.5. The third-order valence-corrected chi connectivity index (χ3v) is 3.95. The summed E-state index contributed by atoms with van der Waals surface area (Å²) in [7, 11) is -1.59. The van der Waals surface area contributed by atoms with E-state index in [0.717, 1.165) is 4.52 Å². The van der Waals surface area contributed by atoms with E-state index < -0.39 is 13.6 Å². The van der Waals surface area contributed by atoms with Crippen molar-refractivity contribution < 1.29 is 0 Å². The van der Waals surface area contributed by atoms with E-state index in [1.807, 2.05) is 0 Å². The zero-order valence-electron chi connectivity index (χ0n) is 12.3. The van der Waals surface area contributed by atoms with Crippen LogP contribution in [0.3, 0.4) is 0 Å². The van der Waals surface area contributed by atoms with Crippen LogP contribution in [0.5, 0.6) is 0 Å². The van der Waals surface area contributed by atoms with Crippen molar-refractivity contribution in [2.45, 2.75) is 33.5 Å². The number of terminal acetylenes is 1. The van der Waals surface area contributed by atoms with E-state index in [9.17, 15) is 9.59 Å². The Balaban J connectivity index is 2.90. The molecule has 4 nitrogen and oxygen atoms in total. The topological polar surface area (TPSA) is 43.0 Å². The van der Waals surface area contributed by atoms with E-state index in [1.54, 1.807) is 18.4 Å². The quantitative estimate of drug-likeness (QED) is 0.535. The number of aromatic nitrogens is 2. The van der Waals surface area contributed by atoms with Gasteiger partial charge in [-0.2, -0.15) is 4.52 Å². The molecule has 2 aromatic rings. The molecule has 0 bridgehead atoms. The molecule has 0 spiro atoms. The van der Waals surface area contributed by atoms with E-state index >= 15 is 0 Å². The van der Waals surface area contributed by atoms with Gasteiger partial charge in [-0.3, -0.25) is 9.59 Å². The summed E-state index contributed by atoms with van der Waals surface area (Å²) in [5.74, 6) is 5.30. The monoisotopic (exact) mass is 284 g/mol. The molecule has 0 aliphatic heterocycles. The summed E-state index contributed by atoms with van der Waals surface area (Å²) in [4.78, 5) is 24.5. The van der Waals surface area contributed by atoms with Gasteiger partial charge in [0.15, 0.2) is 0 Å². The lowest BCUT2D eigenvalue weighted by Crippen LogP contribution is -2.24. The molecule has 0 aromatic carbocycles. The van der Waals surface area contributed by atoms with Gasteiger partial charge in [-0.1, -0.05) is 31.5 Å². The Morgan fingerprint density at radius 3 is 1.90 bits per heavy atom. The lowest BCUT2D eigenvalue weighted by atomic mass is 10.2. The van der Waals surface area contributed by atoms with Gasteiger partial charge < -0.3 is 0 Å². The minimum Gasteiger partial charge on any atom is -0.266 e. The third-order valence-electron chi connectivity index (χ3n) is 3.08. The maximum Gasteiger partial charge on any atom is 0.290 e. The van der Waals surface area contributed by atoms with Crippen molar-refractivity contribution in [2.24, 2.45) is 0 Å². The molecular weight excluding hydrogens is 268 g/mol. The van der Waals surface area contributed by atoms with Crippen LogP contribution in [-0.4, -0.2) is 17.1 Å². The molecule has 0 saturated carbocycles. The molecule has 102 valence electrons. The molecule has 0 fully saturated rings. The van der Waals surface area contributed by atoms with Crippen LogP contribution in [0.15, 0.2) is 9.59 Å². The standard InChI is InChI=1S/C15H16N2O2Si/c1-7-12-10(2)16-11(3)13(8-9-20(4,5)6)15(19)17(16)14(12)18/h1H,2-6H3. The van der Waals surface area contributed by atoms with Crippen LogP contribution in [0.2, 0.25) is 19.6 Å². The Morgan fingerprint density at radius 2 is 1.45 bits per heavy atom. The molecule has 0 saturated heterocycles. The molecular formula is C15H16N2O2Si. The van der Waals surface area contributed by atoms with Crippen LogP contribution >= 0.6 is 0 Å². The fourth-order valence-electron chi connectivity index (χ4n) is 2.12. The van der Waals surface area contributed by atoms with Gasteiger partial charge in [0.25, 0.3) is 11.1 Å². The smallest absolute Gasteiger partial charge is 0.266 e. The number of fused-ring (bicyclic) bond motifs is 1. The first kappa shape index (κ1) is 14.2. The highest BCUT2D eigenvalue weighted by Crippen LogP contribution is 2.09. The molecule has 0 aliphatic carbocycles. The first-order valence-electron chi connectivity index (χ1n) is 6.29. The largest absolute Gasteiger partial charge is 0.290 e. The molecule has 5 heteroatoms. The summed E-state index contributed by atoms with van der Waals surface area (Å²) in [5.41, 5.74) is 4.21. The fraction of sp³-hybridized carbons (Fsp3) is 0.333. The first-order valence-corrected chi connectivity index (χ1v) is 9.79. The highest BCUT2D eigenvalue weighted by Gasteiger charge is 2.20. The summed E-state index contributed by atoms with van der Waals surface area (Å²) >= 11 is 0. The molecule has 0 radical (unpaired) electrons. The van der Waals surface area contributed by atoms with Crippen molar-refractivity contribution in [1.29, 1.82) is 0 Å². The van der Waals surface area contributed by atoms with Gasteiger partial charge in [-0.25, -0.2) is 4.52 Å². The number of hydrogen-bond acceptors (Lipinski definition) is 2. The van der Waals surface area contributed by atoms with Crippen molar-refractivity contribution in [2.75, 3.05) is 0 Å². The van der Waals surface area contributed by atoms with E-state index in [0.29, 0.717) is 17.0 Å². The van der Waals surface area contributed by atoms with Crippen molar-refractivity contribution in [1.82, 2.24) is 9.03 Å². The van der Waals surface area contributed by atoms with Gasteiger partial charge in [-0.15, -0.1) is 12.0 Å². The second-order valence-electron chi connectivity index (χ2n) is 5.80. The maximum atomic E-state index is 12.4. The van der Waals surface area contributed by atoms with Crippen molar-refractivity contribution in [3.8, 4) is 23.8 Å². The molecule has 2 aromatic heterocycles. The fourth-order valence-corrected chi connectivity index (χ4v) is 2.62. The SMILES string of the molecule is C#Cc1c(C)n2c(C)c(C#C[Si](C)(C)C)c(=O)n2c1=O. The van der Waals surface area contributed by atoms with Crippen LogP contribution in [0, 0.1) is 37.7 Å².